The van der Waals surface area contributed by atoms with Gasteiger partial charge in [-0.25, -0.2) is 4.98 Å². The van der Waals surface area contributed by atoms with Gasteiger partial charge in [0.2, 0.25) is 0 Å². The molecule has 0 saturated heterocycles. The number of aromatic nitrogens is 2. The number of ether oxygens (including phenoxy) is 1. The van der Waals surface area contributed by atoms with Gasteiger partial charge in [-0.05, 0) is 31.2 Å². The highest BCUT2D eigenvalue weighted by atomic mass is 32.2. The Hall–Kier alpha value is -2.86. The number of thioether (sulfide) groups is 1. The van der Waals surface area contributed by atoms with Gasteiger partial charge in [-0.3, -0.25) is 14.2 Å². The van der Waals surface area contributed by atoms with Crippen LogP contribution in [-0.4, -0.2) is 27.7 Å². The maximum Gasteiger partial charge on any atom is 0.287 e. The Kier molecular flexibility index (Phi) is 5.86. The Morgan fingerprint density at radius 1 is 1.12 bits per heavy atom. The van der Waals surface area contributed by atoms with Crippen molar-refractivity contribution in [2.45, 2.75) is 11.9 Å². The van der Waals surface area contributed by atoms with Crippen LogP contribution in [0.3, 0.4) is 0 Å². The van der Waals surface area contributed by atoms with Crippen molar-refractivity contribution in [2.24, 2.45) is 0 Å². The number of rotatable bonds is 7. The summed E-state index contributed by atoms with van der Waals surface area (Å²) in [6, 6.07) is 16.3. The van der Waals surface area contributed by atoms with Crippen molar-refractivity contribution in [1.29, 1.82) is 0 Å². The number of carbonyl (C=O) groups is 1. The standard InChI is InChI=1S/C20H18N2O3S/c1-2-25-17-10-8-16(9-11-17)22-13-12-21-19(20(22)24)26-14-18(23)15-6-4-3-5-7-15/h3-13H,2,14H2,1H3. The molecule has 26 heavy (non-hydrogen) atoms. The molecule has 0 spiro atoms. The van der Waals surface area contributed by atoms with E-state index in [9.17, 15) is 9.59 Å². The maximum absolute atomic E-state index is 12.7. The molecule has 1 aromatic heterocycles. The molecule has 0 aliphatic heterocycles. The van der Waals surface area contributed by atoms with Gasteiger partial charge in [0, 0.05) is 23.6 Å². The Balaban J connectivity index is 1.77. The highest BCUT2D eigenvalue weighted by Gasteiger charge is 2.11. The third kappa shape index (κ3) is 4.21. The monoisotopic (exact) mass is 366 g/mol. The van der Waals surface area contributed by atoms with Gasteiger partial charge in [-0.15, -0.1) is 0 Å². The van der Waals surface area contributed by atoms with Crippen LogP contribution in [0.1, 0.15) is 17.3 Å². The van der Waals surface area contributed by atoms with Gasteiger partial charge >= 0.3 is 0 Å². The van der Waals surface area contributed by atoms with Crippen molar-refractivity contribution in [3.63, 3.8) is 0 Å². The van der Waals surface area contributed by atoms with Crippen LogP contribution in [0.25, 0.3) is 5.69 Å². The lowest BCUT2D eigenvalue weighted by atomic mass is 10.2. The van der Waals surface area contributed by atoms with Crippen molar-refractivity contribution in [3.05, 3.63) is 82.9 Å². The fraction of sp³-hybridized carbons (Fsp3) is 0.150. The van der Waals surface area contributed by atoms with Crippen LogP contribution >= 0.6 is 11.8 Å². The van der Waals surface area contributed by atoms with Gasteiger partial charge in [0.15, 0.2) is 10.8 Å². The molecule has 0 atom stereocenters. The van der Waals surface area contributed by atoms with Crippen molar-refractivity contribution in [1.82, 2.24) is 9.55 Å². The van der Waals surface area contributed by atoms with E-state index >= 15 is 0 Å². The van der Waals surface area contributed by atoms with Crippen LogP contribution in [-0.2, 0) is 0 Å². The third-order valence-corrected chi connectivity index (χ3v) is 4.63. The molecule has 0 unspecified atom stereocenters. The highest BCUT2D eigenvalue weighted by molar-refractivity contribution is 7.99. The molecule has 3 rings (SSSR count). The number of carbonyl (C=O) groups excluding carboxylic acids is 1. The van der Waals surface area contributed by atoms with E-state index < -0.39 is 0 Å². The minimum atomic E-state index is -0.248. The summed E-state index contributed by atoms with van der Waals surface area (Å²) in [5.41, 5.74) is 1.10. The molecule has 6 heteroatoms. The summed E-state index contributed by atoms with van der Waals surface area (Å²) < 4.78 is 6.93. The minimum absolute atomic E-state index is 0.0340. The molecular weight excluding hydrogens is 348 g/mol. The Morgan fingerprint density at radius 3 is 2.54 bits per heavy atom. The first-order chi connectivity index (χ1) is 12.7. The lowest BCUT2D eigenvalue weighted by Crippen LogP contribution is -2.21. The quantitative estimate of drug-likeness (QED) is 0.472. The van der Waals surface area contributed by atoms with E-state index in [1.807, 2.05) is 49.4 Å². The van der Waals surface area contributed by atoms with E-state index in [4.69, 9.17) is 4.74 Å². The Bertz CT molecular complexity index is 937. The summed E-state index contributed by atoms with van der Waals surface area (Å²) in [5, 5.41) is 0.297. The van der Waals surface area contributed by atoms with E-state index in [1.165, 1.54) is 4.57 Å². The normalized spacial score (nSPS) is 10.5. The average Bonchev–Trinajstić information content (AvgIpc) is 2.69. The summed E-state index contributed by atoms with van der Waals surface area (Å²) in [5.74, 6) is 0.884. The van der Waals surface area contributed by atoms with Crippen LogP contribution < -0.4 is 10.3 Å². The Morgan fingerprint density at radius 2 is 1.85 bits per heavy atom. The molecule has 0 radical (unpaired) electrons. The molecule has 0 aliphatic rings. The zero-order valence-electron chi connectivity index (χ0n) is 14.3. The maximum atomic E-state index is 12.7. The van der Waals surface area contributed by atoms with E-state index in [2.05, 4.69) is 4.98 Å². The van der Waals surface area contributed by atoms with Crippen molar-refractivity contribution in [2.75, 3.05) is 12.4 Å². The van der Waals surface area contributed by atoms with E-state index in [-0.39, 0.29) is 17.1 Å². The minimum Gasteiger partial charge on any atom is -0.494 e. The van der Waals surface area contributed by atoms with Crippen molar-refractivity contribution in [3.8, 4) is 11.4 Å². The molecule has 1 heterocycles. The fourth-order valence-corrected chi connectivity index (χ4v) is 3.20. The number of hydrogen-bond acceptors (Lipinski definition) is 5. The number of ketones is 1. The molecule has 0 amide bonds. The van der Waals surface area contributed by atoms with Gasteiger partial charge in [0.05, 0.1) is 12.4 Å². The molecule has 0 aliphatic carbocycles. The SMILES string of the molecule is CCOc1ccc(-n2ccnc(SCC(=O)c3ccccc3)c2=O)cc1. The van der Waals surface area contributed by atoms with Crippen molar-refractivity contribution < 1.29 is 9.53 Å². The number of Topliss-reactive ketones (excluding diaryl/α,β-unsaturated/α-hetero) is 1. The first kappa shape index (κ1) is 17.9. The van der Waals surface area contributed by atoms with Gasteiger partial charge < -0.3 is 4.74 Å². The summed E-state index contributed by atoms with van der Waals surface area (Å²) in [6.07, 6.45) is 3.17. The third-order valence-electron chi connectivity index (χ3n) is 3.67. The number of benzene rings is 2. The molecule has 0 saturated carbocycles. The fourth-order valence-electron chi connectivity index (χ4n) is 2.41. The van der Waals surface area contributed by atoms with E-state index in [0.29, 0.717) is 17.2 Å². The second kappa shape index (κ2) is 8.49. The lowest BCUT2D eigenvalue weighted by molar-refractivity contribution is 0.102. The van der Waals surface area contributed by atoms with E-state index in [1.54, 1.807) is 24.5 Å². The Labute approximate surface area is 155 Å². The predicted molar refractivity (Wildman–Crippen MR) is 102 cm³/mol. The van der Waals surface area contributed by atoms with Gasteiger partial charge in [-0.1, -0.05) is 42.1 Å². The smallest absolute Gasteiger partial charge is 0.287 e. The highest BCUT2D eigenvalue weighted by Crippen LogP contribution is 2.17. The summed E-state index contributed by atoms with van der Waals surface area (Å²) in [4.78, 5) is 29.0. The van der Waals surface area contributed by atoms with Gasteiger partial charge in [0.25, 0.3) is 5.56 Å². The number of nitrogens with zero attached hydrogens (tertiary/aromatic N) is 2. The summed E-state index contributed by atoms with van der Waals surface area (Å²) >= 11 is 1.15. The van der Waals surface area contributed by atoms with Gasteiger partial charge in [0.1, 0.15) is 5.75 Å². The predicted octanol–water partition coefficient (Wildman–Crippen LogP) is 3.61. The molecule has 5 nitrogen and oxygen atoms in total. The first-order valence-electron chi connectivity index (χ1n) is 8.21. The first-order valence-corrected chi connectivity index (χ1v) is 9.19. The van der Waals surface area contributed by atoms with Crippen LogP contribution in [0.15, 0.2) is 76.8 Å². The zero-order chi connectivity index (χ0) is 18.4. The summed E-state index contributed by atoms with van der Waals surface area (Å²) in [6.45, 7) is 2.51. The molecule has 0 bridgehead atoms. The van der Waals surface area contributed by atoms with Crippen molar-refractivity contribution >= 4 is 17.5 Å². The molecule has 132 valence electrons. The largest absolute Gasteiger partial charge is 0.494 e. The topological polar surface area (TPSA) is 61.2 Å². The van der Waals surface area contributed by atoms with Gasteiger partial charge in [-0.2, -0.15) is 0 Å². The number of hydrogen-bond donors (Lipinski definition) is 0. The molecular formula is C20H18N2O3S. The van der Waals surface area contributed by atoms with Crippen LogP contribution in [0.5, 0.6) is 5.75 Å². The van der Waals surface area contributed by atoms with Crippen LogP contribution in [0.2, 0.25) is 0 Å². The van der Waals surface area contributed by atoms with Crippen LogP contribution in [0, 0.1) is 0 Å². The zero-order valence-corrected chi connectivity index (χ0v) is 15.1. The van der Waals surface area contributed by atoms with Crippen LogP contribution in [0.4, 0.5) is 0 Å². The van der Waals surface area contributed by atoms with E-state index in [0.717, 1.165) is 23.2 Å². The summed E-state index contributed by atoms with van der Waals surface area (Å²) in [7, 11) is 0. The molecule has 3 aromatic rings. The second-order valence-electron chi connectivity index (χ2n) is 5.41. The molecule has 2 aromatic carbocycles. The second-order valence-corrected chi connectivity index (χ2v) is 6.38. The lowest BCUT2D eigenvalue weighted by Gasteiger charge is -2.08. The molecule has 0 fully saturated rings. The average molecular weight is 366 g/mol. The molecule has 0 N–H and O–H groups in total.